The smallest absolute Gasteiger partial charge is 0.227 e. The average molecular weight is 255 g/mol. The number of nitrogens with one attached hydrogen (secondary N) is 1. The molecule has 0 aromatic rings. The molecule has 0 aromatic heterocycles. The van der Waals surface area contributed by atoms with Crippen molar-refractivity contribution in [3.8, 4) is 0 Å². The number of nitrogens with two attached hydrogens (primary N) is 1. The molecule has 0 aliphatic carbocycles. The minimum Gasteiger partial charge on any atom is -0.381 e. The van der Waals surface area contributed by atoms with Crippen LogP contribution in [0, 0.1) is 5.41 Å². The SMILES string of the molecule is CN1CC(NC(=O)C2(CN)CCOCC2)CC1=O. The molecule has 0 bridgehead atoms. The average Bonchev–Trinajstić information content (AvgIpc) is 2.69. The molecule has 2 aliphatic rings. The minimum absolute atomic E-state index is 0.0265. The van der Waals surface area contributed by atoms with Gasteiger partial charge in [0.1, 0.15) is 0 Å². The van der Waals surface area contributed by atoms with E-state index in [0.29, 0.717) is 45.6 Å². The van der Waals surface area contributed by atoms with Gasteiger partial charge in [0.25, 0.3) is 0 Å². The van der Waals surface area contributed by atoms with Crippen molar-refractivity contribution >= 4 is 11.8 Å². The summed E-state index contributed by atoms with van der Waals surface area (Å²) in [6, 6.07) is -0.0822. The fourth-order valence-corrected chi connectivity index (χ4v) is 2.58. The molecule has 6 nitrogen and oxygen atoms in total. The van der Waals surface area contributed by atoms with E-state index in [4.69, 9.17) is 10.5 Å². The minimum atomic E-state index is -0.511. The van der Waals surface area contributed by atoms with Gasteiger partial charge in [-0.3, -0.25) is 9.59 Å². The Hall–Kier alpha value is -1.14. The van der Waals surface area contributed by atoms with Gasteiger partial charge in [-0.05, 0) is 12.8 Å². The number of rotatable bonds is 3. The maximum atomic E-state index is 12.3. The van der Waals surface area contributed by atoms with Crippen LogP contribution in [0.15, 0.2) is 0 Å². The monoisotopic (exact) mass is 255 g/mol. The number of carbonyl (C=O) groups is 2. The second-order valence-electron chi connectivity index (χ2n) is 5.25. The third-order valence-corrected chi connectivity index (χ3v) is 4.00. The first-order chi connectivity index (χ1) is 8.57. The molecule has 18 heavy (non-hydrogen) atoms. The quantitative estimate of drug-likeness (QED) is 0.683. The van der Waals surface area contributed by atoms with Crippen molar-refractivity contribution in [3.63, 3.8) is 0 Å². The summed E-state index contributed by atoms with van der Waals surface area (Å²) in [6.45, 7) is 2.07. The van der Waals surface area contributed by atoms with Crippen molar-refractivity contribution < 1.29 is 14.3 Å². The normalized spacial score (nSPS) is 27.3. The molecule has 1 unspecified atom stereocenters. The van der Waals surface area contributed by atoms with E-state index >= 15 is 0 Å². The lowest BCUT2D eigenvalue weighted by molar-refractivity contribution is -0.136. The molecule has 3 N–H and O–H groups in total. The topological polar surface area (TPSA) is 84.7 Å². The van der Waals surface area contributed by atoms with Crippen LogP contribution in [0.2, 0.25) is 0 Å². The van der Waals surface area contributed by atoms with E-state index in [1.807, 2.05) is 0 Å². The summed E-state index contributed by atoms with van der Waals surface area (Å²) < 4.78 is 5.28. The first-order valence-corrected chi connectivity index (χ1v) is 6.40. The number of amides is 2. The van der Waals surface area contributed by atoms with Gasteiger partial charge in [0.05, 0.1) is 11.5 Å². The number of ether oxygens (including phenoxy) is 1. The molecule has 102 valence electrons. The van der Waals surface area contributed by atoms with Crippen molar-refractivity contribution in [1.82, 2.24) is 10.2 Å². The Balaban J connectivity index is 1.96. The van der Waals surface area contributed by atoms with Gasteiger partial charge < -0.3 is 20.7 Å². The summed E-state index contributed by atoms with van der Waals surface area (Å²) in [7, 11) is 1.75. The maximum Gasteiger partial charge on any atom is 0.227 e. The van der Waals surface area contributed by atoms with E-state index in [1.165, 1.54) is 0 Å². The van der Waals surface area contributed by atoms with E-state index in [1.54, 1.807) is 11.9 Å². The zero-order chi connectivity index (χ0) is 13.2. The molecular formula is C12H21N3O3. The molecule has 6 heteroatoms. The van der Waals surface area contributed by atoms with Crippen molar-refractivity contribution in [1.29, 1.82) is 0 Å². The van der Waals surface area contributed by atoms with E-state index in [-0.39, 0.29) is 17.9 Å². The van der Waals surface area contributed by atoms with Crippen LogP contribution in [0.5, 0.6) is 0 Å². The Morgan fingerprint density at radius 3 is 2.72 bits per heavy atom. The summed E-state index contributed by atoms with van der Waals surface area (Å²) in [6.07, 6.45) is 1.71. The lowest BCUT2D eigenvalue weighted by Gasteiger charge is -2.35. The van der Waals surface area contributed by atoms with Gasteiger partial charge in [-0.1, -0.05) is 0 Å². The first kappa shape index (κ1) is 13.3. The van der Waals surface area contributed by atoms with Crippen molar-refractivity contribution in [2.45, 2.75) is 25.3 Å². The predicted octanol–water partition coefficient (Wildman–Crippen LogP) is -0.911. The lowest BCUT2D eigenvalue weighted by Crippen LogP contribution is -2.52. The molecule has 0 spiro atoms. The summed E-state index contributed by atoms with van der Waals surface area (Å²) in [5.41, 5.74) is 5.26. The highest BCUT2D eigenvalue weighted by Crippen LogP contribution is 2.30. The standard InChI is InChI=1S/C12H21N3O3/c1-15-7-9(6-10(15)16)14-11(17)12(8-13)2-4-18-5-3-12/h9H,2-8,13H2,1H3,(H,14,17). The second-order valence-corrected chi connectivity index (χ2v) is 5.25. The van der Waals surface area contributed by atoms with E-state index in [2.05, 4.69) is 5.32 Å². The molecule has 0 saturated carbocycles. The molecule has 2 heterocycles. The highest BCUT2D eigenvalue weighted by Gasteiger charge is 2.40. The van der Waals surface area contributed by atoms with Crippen LogP contribution in [0.4, 0.5) is 0 Å². The first-order valence-electron chi connectivity index (χ1n) is 6.40. The molecule has 1 atom stereocenters. The summed E-state index contributed by atoms with van der Waals surface area (Å²) in [5, 5.41) is 2.96. The zero-order valence-electron chi connectivity index (χ0n) is 10.8. The van der Waals surface area contributed by atoms with Gasteiger partial charge in [0, 0.05) is 39.8 Å². The molecule has 0 radical (unpaired) electrons. The van der Waals surface area contributed by atoms with Crippen molar-refractivity contribution in [2.24, 2.45) is 11.1 Å². The Bertz CT molecular complexity index is 339. The molecule has 2 aliphatic heterocycles. The van der Waals surface area contributed by atoms with Gasteiger partial charge in [-0.15, -0.1) is 0 Å². The van der Waals surface area contributed by atoms with Crippen LogP contribution in [0.3, 0.4) is 0 Å². The van der Waals surface area contributed by atoms with Gasteiger partial charge in [0.2, 0.25) is 11.8 Å². The maximum absolute atomic E-state index is 12.3. The second kappa shape index (κ2) is 5.24. The van der Waals surface area contributed by atoms with Crippen LogP contribution < -0.4 is 11.1 Å². The number of likely N-dealkylation sites (N-methyl/N-ethyl adjacent to an activating group) is 1. The van der Waals surface area contributed by atoms with Crippen LogP contribution in [0.25, 0.3) is 0 Å². The van der Waals surface area contributed by atoms with Crippen LogP contribution >= 0.6 is 0 Å². The van der Waals surface area contributed by atoms with E-state index in [0.717, 1.165) is 0 Å². The number of carbonyl (C=O) groups excluding carboxylic acids is 2. The Kier molecular flexibility index (Phi) is 3.87. The Morgan fingerprint density at radius 1 is 1.56 bits per heavy atom. The van der Waals surface area contributed by atoms with Gasteiger partial charge in [-0.2, -0.15) is 0 Å². The highest BCUT2D eigenvalue weighted by atomic mass is 16.5. The van der Waals surface area contributed by atoms with Crippen LogP contribution in [-0.2, 0) is 14.3 Å². The van der Waals surface area contributed by atoms with Crippen molar-refractivity contribution in [3.05, 3.63) is 0 Å². The molecule has 2 fully saturated rings. The Morgan fingerprint density at radius 2 is 2.22 bits per heavy atom. The fourth-order valence-electron chi connectivity index (χ4n) is 2.58. The number of likely N-dealkylation sites (tertiary alicyclic amines) is 1. The number of hydrogen-bond donors (Lipinski definition) is 2. The zero-order valence-corrected chi connectivity index (χ0v) is 10.8. The molecule has 0 aromatic carbocycles. The van der Waals surface area contributed by atoms with Gasteiger partial charge in [0.15, 0.2) is 0 Å². The molecule has 2 rings (SSSR count). The molecule has 2 amide bonds. The van der Waals surface area contributed by atoms with Crippen molar-refractivity contribution in [2.75, 3.05) is 33.4 Å². The fraction of sp³-hybridized carbons (Fsp3) is 0.833. The summed E-state index contributed by atoms with van der Waals surface area (Å²) in [4.78, 5) is 25.4. The number of hydrogen-bond acceptors (Lipinski definition) is 4. The predicted molar refractivity (Wildman–Crippen MR) is 65.7 cm³/mol. The van der Waals surface area contributed by atoms with Crippen LogP contribution in [-0.4, -0.2) is 56.1 Å². The molecular weight excluding hydrogens is 234 g/mol. The lowest BCUT2D eigenvalue weighted by atomic mass is 9.79. The highest BCUT2D eigenvalue weighted by molar-refractivity contribution is 5.85. The van der Waals surface area contributed by atoms with E-state index in [9.17, 15) is 9.59 Å². The van der Waals surface area contributed by atoms with Gasteiger partial charge in [-0.25, -0.2) is 0 Å². The third-order valence-electron chi connectivity index (χ3n) is 4.00. The Labute approximate surface area is 107 Å². The van der Waals surface area contributed by atoms with Crippen LogP contribution in [0.1, 0.15) is 19.3 Å². The van der Waals surface area contributed by atoms with E-state index < -0.39 is 5.41 Å². The van der Waals surface area contributed by atoms with Gasteiger partial charge >= 0.3 is 0 Å². The molecule has 2 saturated heterocycles. The number of nitrogens with zero attached hydrogens (tertiary/aromatic N) is 1. The summed E-state index contributed by atoms with van der Waals surface area (Å²) in [5.74, 6) is 0.0514. The summed E-state index contributed by atoms with van der Waals surface area (Å²) >= 11 is 0. The largest absolute Gasteiger partial charge is 0.381 e. The third kappa shape index (κ3) is 2.49.